The van der Waals surface area contributed by atoms with Gasteiger partial charge in [-0.2, -0.15) is 10.5 Å². The number of nitrogens with zero attached hydrogens (tertiary/aromatic N) is 6. The minimum Gasteiger partial charge on any atom is -0.504 e. The number of fused-ring (bicyclic) bond motifs is 2. The molecule has 4 aromatic heterocycles. The minimum absolute atomic E-state index is 0.0875. The molecule has 6 aromatic rings. The predicted octanol–water partition coefficient (Wildman–Crippen LogP) is 5.14. The van der Waals surface area contributed by atoms with E-state index in [1.165, 1.54) is 48.5 Å². The lowest BCUT2D eigenvalue weighted by molar-refractivity contribution is -0.135. The van der Waals surface area contributed by atoms with Crippen molar-refractivity contribution in [2.75, 3.05) is 13.2 Å². The number of halogens is 2. The van der Waals surface area contributed by atoms with E-state index >= 15 is 0 Å². The molecule has 18 heteroatoms. The lowest BCUT2D eigenvalue weighted by Gasteiger charge is -2.05. The smallest absolute Gasteiger partial charge is 0.360 e. The second-order valence-corrected chi connectivity index (χ2v) is 11.7. The summed E-state index contributed by atoms with van der Waals surface area (Å²) in [6, 6.07) is 14.8. The zero-order chi connectivity index (χ0) is 36.1. The summed E-state index contributed by atoms with van der Waals surface area (Å²) in [5.41, 5.74) is 0.404. The first-order chi connectivity index (χ1) is 23.9. The van der Waals surface area contributed by atoms with Crippen LogP contribution in [0.4, 0.5) is 8.78 Å². The number of pyridine rings is 2. The molecule has 0 saturated carbocycles. The van der Waals surface area contributed by atoms with Crippen LogP contribution in [0.25, 0.3) is 41.6 Å². The van der Waals surface area contributed by atoms with Gasteiger partial charge in [-0.05, 0) is 55.5 Å². The molecule has 2 aromatic carbocycles. The molecule has 0 radical (unpaired) electrons. The molecule has 4 heterocycles. The lowest BCUT2D eigenvalue weighted by atomic mass is 10.2. The van der Waals surface area contributed by atoms with E-state index in [4.69, 9.17) is 9.84 Å². The number of carbonyl (C=O) groups is 3. The highest BCUT2D eigenvalue weighted by atomic mass is 32.1. The van der Waals surface area contributed by atoms with Gasteiger partial charge < -0.3 is 25.4 Å². The van der Waals surface area contributed by atoms with Gasteiger partial charge in [0.25, 0.3) is 5.91 Å². The number of hydrogen-bond acceptors (Lipinski definition) is 14. The zero-order valence-corrected chi connectivity index (χ0v) is 26.9. The van der Waals surface area contributed by atoms with Gasteiger partial charge in [0.2, 0.25) is 0 Å². The van der Waals surface area contributed by atoms with E-state index in [-0.39, 0.29) is 55.7 Å². The van der Waals surface area contributed by atoms with Crippen LogP contribution in [0.1, 0.15) is 39.3 Å². The van der Waals surface area contributed by atoms with E-state index < -0.39 is 41.7 Å². The third-order valence-electron chi connectivity index (χ3n) is 6.51. The Morgan fingerprint density at radius 1 is 0.780 bits per heavy atom. The number of thiazole rings is 2. The number of aromatic nitrogens is 4. The fraction of sp³-hybridized carbons (Fsp3) is 0.0938. The third-order valence-corrected chi connectivity index (χ3v) is 8.73. The van der Waals surface area contributed by atoms with Gasteiger partial charge in [-0.3, -0.25) is 9.59 Å². The normalized spacial score (nSPS) is 10.5. The number of carboxylic acids is 1. The predicted molar refractivity (Wildman–Crippen MR) is 174 cm³/mol. The molecule has 0 bridgehead atoms. The second kappa shape index (κ2) is 14.6. The van der Waals surface area contributed by atoms with E-state index in [0.717, 1.165) is 22.7 Å². The summed E-state index contributed by atoms with van der Waals surface area (Å²) in [4.78, 5) is 50.6. The number of benzene rings is 2. The Morgan fingerprint density at radius 3 is 1.64 bits per heavy atom. The molecular weight excluding hydrogens is 697 g/mol. The number of amides is 1. The van der Waals surface area contributed by atoms with Gasteiger partial charge in [0.1, 0.15) is 60.8 Å². The van der Waals surface area contributed by atoms with E-state index in [0.29, 0.717) is 21.1 Å². The monoisotopic (exact) mass is 715 g/mol. The Morgan fingerprint density at radius 2 is 1.22 bits per heavy atom. The minimum atomic E-state index is -1.27. The number of aromatic hydroxyl groups is 2. The summed E-state index contributed by atoms with van der Waals surface area (Å²) in [6.45, 7) is 1.07. The van der Waals surface area contributed by atoms with Crippen molar-refractivity contribution in [2.24, 2.45) is 0 Å². The number of carboxylic acid groups (broad SMARTS) is 1. The molecule has 0 saturated heterocycles. The van der Waals surface area contributed by atoms with Crippen LogP contribution in [0.3, 0.4) is 0 Å². The first-order valence-electron chi connectivity index (χ1n) is 14.0. The quantitative estimate of drug-likeness (QED) is 0.157. The maximum atomic E-state index is 13.1. The van der Waals surface area contributed by atoms with Crippen LogP contribution in [-0.2, 0) is 9.53 Å². The number of rotatable bonds is 7. The van der Waals surface area contributed by atoms with E-state index in [1.807, 2.05) is 6.07 Å². The lowest BCUT2D eigenvalue weighted by Crippen LogP contribution is -2.30. The Hall–Kier alpha value is -6.63. The number of nitriles is 2. The number of nitrogens with one attached hydrogen (secondary N) is 1. The molecule has 1 amide bonds. The fourth-order valence-electron chi connectivity index (χ4n) is 4.26. The summed E-state index contributed by atoms with van der Waals surface area (Å²) >= 11 is 2.08. The van der Waals surface area contributed by atoms with Crippen molar-refractivity contribution in [3.05, 3.63) is 82.9 Å². The maximum absolute atomic E-state index is 13.1. The topological polar surface area (TPSA) is 232 Å². The largest absolute Gasteiger partial charge is 0.504 e. The third kappa shape index (κ3) is 7.11. The van der Waals surface area contributed by atoms with Crippen molar-refractivity contribution in [2.45, 2.75) is 6.92 Å². The average Bonchev–Trinajstić information content (AvgIpc) is 3.76. The molecule has 6 rings (SSSR count). The average molecular weight is 716 g/mol. The SMILES string of the molecule is CCOC(=O)c1nc(C#N)c2nc(-c3ccc(F)cc3)sc2c1O.N#Cc1nc(C(=O)NCC(=O)O)c(O)c2sc(-c3ccc(F)cc3)nc12. The van der Waals surface area contributed by atoms with Gasteiger partial charge in [-0.15, -0.1) is 22.7 Å². The molecular formula is C32H19F2N7O7S2. The van der Waals surface area contributed by atoms with Crippen LogP contribution in [0.2, 0.25) is 0 Å². The summed E-state index contributed by atoms with van der Waals surface area (Å²) in [7, 11) is 0. The van der Waals surface area contributed by atoms with Gasteiger partial charge in [0.05, 0.1) is 6.61 Å². The Bertz CT molecular complexity index is 2380. The molecule has 0 aliphatic heterocycles. The van der Waals surface area contributed by atoms with E-state index in [1.54, 1.807) is 13.0 Å². The molecule has 250 valence electrons. The fourth-order valence-corrected chi connectivity index (χ4v) is 6.29. The molecule has 0 unspecified atom stereocenters. The molecule has 4 N–H and O–H groups in total. The number of hydrogen-bond donors (Lipinski definition) is 4. The second-order valence-electron chi connectivity index (χ2n) is 9.74. The van der Waals surface area contributed by atoms with Crippen molar-refractivity contribution >= 4 is 61.0 Å². The van der Waals surface area contributed by atoms with Crippen molar-refractivity contribution in [1.29, 1.82) is 10.5 Å². The van der Waals surface area contributed by atoms with Gasteiger partial charge in [0.15, 0.2) is 34.3 Å². The maximum Gasteiger partial charge on any atom is 0.360 e. The summed E-state index contributed by atoms with van der Waals surface area (Å²) < 4.78 is 31.3. The van der Waals surface area contributed by atoms with Crippen LogP contribution < -0.4 is 5.32 Å². The van der Waals surface area contributed by atoms with Crippen LogP contribution in [-0.4, -0.2) is 66.3 Å². The van der Waals surface area contributed by atoms with Crippen LogP contribution in [0, 0.1) is 34.3 Å². The van der Waals surface area contributed by atoms with Crippen molar-refractivity contribution in [3.8, 4) is 44.8 Å². The molecule has 0 aliphatic rings. The molecule has 0 aliphatic carbocycles. The van der Waals surface area contributed by atoms with Gasteiger partial charge in [0, 0.05) is 11.1 Å². The van der Waals surface area contributed by atoms with Crippen LogP contribution in [0.5, 0.6) is 11.5 Å². The van der Waals surface area contributed by atoms with Gasteiger partial charge in [-0.25, -0.2) is 33.5 Å². The Balaban J connectivity index is 0.000000195. The summed E-state index contributed by atoms with van der Waals surface area (Å²) in [5.74, 6) is -4.71. The van der Waals surface area contributed by atoms with Crippen LogP contribution >= 0.6 is 22.7 Å². The highest BCUT2D eigenvalue weighted by Gasteiger charge is 2.25. The molecule has 0 fully saturated rings. The standard InChI is InChI=1S/C16H9FN4O4S.C16H10FN3O3S/c17-8-3-1-7(2-4-8)16-21-11-9(5-18)20-12(13(24)14(11)26-16)15(25)19-6-10(22)23;1-2-23-16(22)12-13(21)14-11(10(7-18)19-12)20-15(24-14)8-3-5-9(17)6-4-8/h1-4,24H,6H2,(H,19,25)(H,22,23);3-6,21H,2H2,1H3. The zero-order valence-electron chi connectivity index (χ0n) is 25.3. The molecule has 50 heavy (non-hydrogen) atoms. The highest BCUT2D eigenvalue weighted by Crippen LogP contribution is 2.39. The molecule has 14 nitrogen and oxygen atoms in total. The van der Waals surface area contributed by atoms with Gasteiger partial charge in [-0.1, -0.05) is 0 Å². The van der Waals surface area contributed by atoms with Gasteiger partial charge >= 0.3 is 11.9 Å². The number of carbonyl (C=O) groups excluding carboxylic acids is 2. The van der Waals surface area contributed by atoms with Crippen LogP contribution in [0.15, 0.2) is 48.5 Å². The first kappa shape index (κ1) is 34.7. The summed E-state index contributed by atoms with van der Waals surface area (Å²) in [6.07, 6.45) is 0. The number of aliphatic carboxylic acids is 1. The van der Waals surface area contributed by atoms with E-state index in [9.17, 15) is 43.9 Å². The molecule has 0 spiro atoms. The summed E-state index contributed by atoms with van der Waals surface area (Å²) in [5, 5.41) is 50.7. The van der Waals surface area contributed by atoms with E-state index in [2.05, 4.69) is 25.3 Å². The van der Waals surface area contributed by atoms with Crippen molar-refractivity contribution < 1.29 is 43.2 Å². The van der Waals surface area contributed by atoms with Crippen molar-refractivity contribution in [1.82, 2.24) is 25.3 Å². The first-order valence-corrected chi connectivity index (χ1v) is 15.6. The number of esters is 1. The Kier molecular flexibility index (Phi) is 10.2. The molecule has 0 atom stereocenters. The highest BCUT2D eigenvalue weighted by molar-refractivity contribution is 7.22. The number of ether oxygens (including phenoxy) is 1. The van der Waals surface area contributed by atoms with Crippen molar-refractivity contribution in [3.63, 3.8) is 0 Å². The Labute approximate surface area is 287 Å².